The molecule has 0 aliphatic heterocycles. The summed E-state index contributed by atoms with van der Waals surface area (Å²) >= 11 is 11.8. The highest BCUT2D eigenvalue weighted by Crippen LogP contribution is 2.27. The summed E-state index contributed by atoms with van der Waals surface area (Å²) in [5, 5.41) is 0.611. The van der Waals surface area contributed by atoms with Crippen LogP contribution in [0.1, 0.15) is 29.8 Å². The van der Waals surface area contributed by atoms with Crippen molar-refractivity contribution >= 4 is 40.2 Å². The number of ether oxygens (including phenoxy) is 1. The number of carbonyl (C=O) groups excluding carboxylic acids is 1. The molecule has 0 amide bonds. The van der Waals surface area contributed by atoms with E-state index in [1.165, 1.54) is 12.1 Å². The number of rotatable bonds is 3. The van der Waals surface area contributed by atoms with Gasteiger partial charge >= 0.3 is 5.97 Å². The first kappa shape index (κ1) is 14.4. The molecular formula is C14H12Cl2N2O3. The molecule has 2 aromatic rings. The van der Waals surface area contributed by atoms with Crippen LogP contribution in [0.3, 0.4) is 0 Å². The summed E-state index contributed by atoms with van der Waals surface area (Å²) in [6.45, 7) is 0.333. The van der Waals surface area contributed by atoms with Gasteiger partial charge in [0.15, 0.2) is 0 Å². The Morgan fingerprint density at radius 2 is 2.05 bits per heavy atom. The minimum Gasteiger partial charge on any atom is -0.461 e. The first-order chi connectivity index (χ1) is 10.0. The average molecular weight is 327 g/mol. The number of nitrogens with zero attached hydrogens (tertiary/aromatic N) is 1. The minimum atomic E-state index is -0.712. The number of aromatic amines is 1. The smallest absolute Gasteiger partial charge is 0.362 e. The van der Waals surface area contributed by atoms with Gasteiger partial charge < -0.3 is 9.72 Å². The van der Waals surface area contributed by atoms with E-state index in [-0.39, 0.29) is 5.69 Å². The molecule has 7 heteroatoms. The first-order valence-electron chi connectivity index (χ1n) is 6.61. The zero-order valence-corrected chi connectivity index (χ0v) is 12.5. The van der Waals surface area contributed by atoms with Gasteiger partial charge in [-0.2, -0.15) is 0 Å². The zero-order valence-electron chi connectivity index (χ0n) is 11.0. The van der Waals surface area contributed by atoms with Crippen molar-refractivity contribution in [1.82, 2.24) is 9.97 Å². The fourth-order valence-electron chi connectivity index (χ4n) is 2.14. The van der Waals surface area contributed by atoms with Crippen LogP contribution in [0.25, 0.3) is 11.0 Å². The van der Waals surface area contributed by atoms with E-state index < -0.39 is 11.5 Å². The summed E-state index contributed by atoms with van der Waals surface area (Å²) in [6, 6.07) is 3.00. The molecule has 21 heavy (non-hydrogen) atoms. The lowest BCUT2D eigenvalue weighted by Crippen LogP contribution is -2.25. The van der Waals surface area contributed by atoms with Crippen LogP contribution in [0, 0.1) is 5.92 Å². The van der Waals surface area contributed by atoms with E-state index in [0.717, 1.165) is 19.3 Å². The fourth-order valence-corrected chi connectivity index (χ4v) is 2.46. The molecule has 0 spiro atoms. The molecule has 5 nitrogen and oxygen atoms in total. The van der Waals surface area contributed by atoms with Crippen LogP contribution >= 0.6 is 23.2 Å². The number of aromatic nitrogens is 2. The number of esters is 1. The van der Waals surface area contributed by atoms with Crippen molar-refractivity contribution in [2.24, 2.45) is 5.92 Å². The van der Waals surface area contributed by atoms with Crippen LogP contribution in [0.2, 0.25) is 10.0 Å². The highest BCUT2D eigenvalue weighted by molar-refractivity contribution is 6.42. The molecule has 0 unspecified atom stereocenters. The second kappa shape index (κ2) is 5.66. The predicted octanol–water partition coefficient (Wildman–Crippen LogP) is 3.19. The zero-order chi connectivity index (χ0) is 15.0. The Labute approximate surface area is 130 Å². The molecule has 1 aromatic carbocycles. The molecule has 1 heterocycles. The third-order valence-electron chi connectivity index (χ3n) is 3.60. The Balaban J connectivity index is 1.90. The number of nitrogens with one attached hydrogen (secondary N) is 1. The van der Waals surface area contributed by atoms with Gasteiger partial charge in [-0.25, -0.2) is 9.78 Å². The predicted molar refractivity (Wildman–Crippen MR) is 80.0 cm³/mol. The Morgan fingerprint density at radius 3 is 2.71 bits per heavy atom. The minimum absolute atomic E-state index is 0.264. The van der Waals surface area contributed by atoms with E-state index in [0.29, 0.717) is 33.6 Å². The van der Waals surface area contributed by atoms with Gasteiger partial charge in [0, 0.05) is 0 Å². The largest absolute Gasteiger partial charge is 0.461 e. The third kappa shape index (κ3) is 2.89. The van der Waals surface area contributed by atoms with Gasteiger partial charge in [-0.3, -0.25) is 4.79 Å². The summed E-state index contributed by atoms with van der Waals surface area (Å²) in [5.41, 5.74) is -0.0516. The van der Waals surface area contributed by atoms with Crippen LogP contribution in [0.5, 0.6) is 0 Å². The first-order valence-corrected chi connectivity index (χ1v) is 7.36. The summed E-state index contributed by atoms with van der Waals surface area (Å²) in [4.78, 5) is 30.4. The van der Waals surface area contributed by atoms with Gasteiger partial charge in [-0.05, 0) is 30.9 Å². The van der Waals surface area contributed by atoms with Crippen LogP contribution in [-0.4, -0.2) is 22.5 Å². The Kier molecular flexibility index (Phi) is 3.87. The Morgan fingerprint density at radius 1 is 1.33 bits per heavy atom. The maximum Gasteiger partial charge on any atom is 0.362 e. The molecule has 1 aliphatic carbocycles. The molecule has 110 valence electrons. The number of H-pyrrole nitrogens is 1. The normalized spacial score (nSPS) is 15.0. The van der Waals surface area contributed by atoms with Gasteiger partial charge in [0.1, 0.15) is 0 Å². The van der Waals surface area contributed by atoms with Gasteiger partial charge in [0.05, 0.1) is 27.7 Å². The molecule has 0 bridgehead atoms. The lowest BCUT2D eigenvalue weighted by molar-refractivity contribution is 0.0363. The quantitative estimate of drug-likeness (QED) is 0.879. The van der Waals surface area contributed by atoms with Crippen molar-refractivity contribution in [2.75, 3.05) is 6.61 Å². The summed E-state index contributed by atoms with van der Waals surface area (Å²) in [6.07, 6.45) is 3.28. The molecule has 1 aromatic heterocycles. The number of fused-ring (bicyclic) bond motifs is 1. The summed E-state index contributed by atoms with van der Waals surface area (Å²) < 4.78 is 5.14. The summed E-state index contributed by atoms with van der Waals surface area (Å²) in [7, 11) is 0. The molecule has 1 fully saturated rings. The molecule has 0 atom stereocenters. The molecule has 1 saturated carbocycles. The molecule has 0 radical (unpaired) electrons. The van der Waals surface area contributed by atoms with Crippen LogP contribution < -0.4 is 5.56 Å². The molecule has 0 saturated heterocycles. The van der Waals surface area contributed by atoms with Crippen LogP contribution in [0.15, 0.2) is 16.9 Å². The van der Waals surface area contributed by atoms with E-state index in [1.54, 1.807) is 0 Å². The topological polar surface area (TPSA) is 72.0 Å². The van der Waals surface area contributed by atoms with Crippen LogP contribution in [-0.2, 0) is 4.74 Å². The highest BCUT2D eigenvalue weighted by Gasteiger charge is 2.22. The van der Waals surface area contributed by atoms with Crippen molar-refractivity contribution < 1.29 is 9.53 Å². The van der Waals surface area contributed by atoms with Gasteiger partial charge in [-0.15, -0.1) is 0 Å². The standard InChI is InChI=1S/C14H12Cl2N2O3/c15-8-4-10-11(5-9(8)16)18-13(19)12(17-10)14(20)21-6-7-2-1-3-7/h4-5,7H,1-3,6H2,(H,18,19). The van der Waals surface area contributed by atoms with E-state index in [1.807, 2.05) is 0 Å². The Bertz CT molecular complexity index is 769. The number of hydrogen-bond acceptors (Lipinski definition) is 4. The fraction of sp³-hybridized carbons (Fsp3) is 0.357. The molecule has 3 rings (SSSR count). The van der Waals surface area contributed by atoms with Gasteiger partial charge in [-0.1, -0.05) is 29.6 Å². The molecular weight excluding hydrogens is 315 g/mol. The van der Waals surface area contributed by atoms with Crippen molar-refractivity contribution in [3.8, 4) is 0 Å². The highest BCUT2D eigenvalue weighted by atomic mass is 35.5. The van der Waals surface area contributed by atoms with E-state index in [9.17, 15) is 9.59 Å². The van der Waals surface area contributed by atoms with Crippen molar-refractivity contribution in [3.05, 3.63) is 38.2 Å². The van der Waals surface area contributed by atoms with Crippen LogP contribution in [0.4, 0.5) is 0 Å². The lowest BCUT2D eigenvalue weighted by Gasteiger charge is -2.24. The van der Waals surface area contributed by atoms with Gasteiger partial charge in [0.25, 0.3) is 5.56 Å². The van der Waals surface area contributed by atoms with Crippen molar-refractivity contribution in [3.63, 3.8) is 0 Å². The second-order valence-corrected chi connectivity index (χ2v) is 5.91. The molecule has 1 aliphatic rings. The van der Waals surface area contributed by atoms with Crippen molar-refractivity contribution in [1.29, 1.82) is 0 Å². The number of benzene rings is 1. The lowest BCUT2D eigenvalue weighted by atomic mass is 9.86. The third-order valence-corrected chi connectivity index (χ3v) is 4.32. The van der Waals surface area contributed by atoms with E-state index in [4.69, 9.17) is 27.9 Å². The molecule has 1 N–H and O–H groups in total. The second-order valence-electron chi connectivity index (χ2n) is 5.09. The van der Waals surface area contributed by atoms with Crippen molar-refractivity contribution in [2.45, 2.75) is 19.3 Å². The number of carbonyl (C=O) groups is 1. The average Bonchev–Trinajstić information content (AvgIpc) is 2.38. The van der Waals surface area contributed by atoms with E-state index >= 15 is 0 Å². The maximum atomic E-state index is 11.9. The van der Waals surface area contributed by atoms with E-state index in [2.05, 4.69) is 9.97 Å². The summed E-state index contributed by atoms with van der Waals surface area (Å²) in [5.74, 6) is -0.308. The monoisotopic (exact) mass is 326 g/mol. The van der Waals surface area contributed by atoms with Gasteiger partial charge in [0.2, 0.25) is 5.69 Å². The maximum absolute atomic E-state index is 11.9. The Hall–Kier alpha value is -1.59. The number of halogens is 2. The SMILES string of the molecule is O=C(OCC1CCC1)c1nc2cc(Cl)c(Cl)cc2[nH]c1=O. The number of hydrogen-bond donors (Lipinski definition) is 1.